The van der Waals surface area contributed by atoms with Crippen molar-refractivity contribution in [3.05, 3.63) is 5.01 Å². The molecule has 1 rings (SSSR count). The fourth-order valence-electron chi connectivity index (χ4n) is 1.12. The maximum absolute atomic E-state index is 11.3. The number of anilines is 1. The highest BCUT2D eigenvalue weighted by Crippen LogP contribution is 2.15. The van der Waals surface area contributed by atoms with E-state index in [0.29, 0.717) is 0 Å². The molecule has 0 atom stereocenters. The van der Waals surface area contributed by atoms with Crippen molar-refractivity contribution in [2.75, 3.05) is 18.4 Å². The number of carbonyl (C=O) groups excluding carboxylic acids is 1. The lowest BCUT2D eigenvalue weighted by Crippen LogP contribution is -2.30. The molecule has 0 aliphatic rings. The van der Waals surface area contributed by atoms with Gasteiger partial charge in [0, 0.05) is 13.0 Å². The van der Waals surface area contributed by atoms with Crippen molar-refractivity contribution in [3.63, 3.8) is 0 Å². The number of aryl methyl sites for hydroxylation is 1. The molecule has 6 heteroatoms. The Morgan fingerprint density at radius 1 is 1.31 bits per heavy atom. The van der Waals surface area contributed by atoms with Gasteiger partial charge in [-0.3, -0.25) is 4.79 Å². The van der Waals surface area contributed by atoms with E-state index in [1.165, 1.54) is 11.3 Å². The molecule has 5 nitrogen and oxygen atoms in total. The van der Waals surface area contributed by atoms with E-state index in [1.54, 1.807) is 0 Å². The molecule has 0 radical (unpaired) electrons. The van der Waals surface area contributed by atoms with E-state index in [1.807, 2.05) is 6.92 Å². The third kappa shape index (κ3) is 4.57. The van der Waals surface area contributed by atoms with E-state index in [-0.39, 0.29) is 12.5 Å². The largest absolute Gasteiger partial charge is 0.355 e. The van der Waals surface area contributed by atoms with Crippen LogP contribution in [-0.2, 0) is 11.2 Å². The number of hydrogen-bond donors (Lipinski definition) is 2. The molecule has 90 valence electrons. The zero-order chi connectivity index (χ0) is 11.8. The second-order valence-electron chi connectivity index (χ2n) is 3.45. The first-order chi connectivity index (χ1) is 7.76. The van der Waals surface area contributed by atoms with Crippen molar-refractivity contribution in [1.29, 1.82) is 0 Å². The van der Waals surface area contributed by atoms with Crippen LogP contribution in [0.15, 0.2) is 0 Å². The highest BCUT2D eigenvalue weighted by molar-refractivity contribution is 7.15. The molecule has 1 heterocycles. The summed E-state index contributed by atoms with van der Waals surface area (Å²) in [5, 5.41) is 15.5. The van der Waals surface area contributed by atoms with Crippen LogP contribution < -0.4 is 10.6 Å². The molecule has 0 fully saturated rings. The molecule has 2 N–H and O–H groups in total. The van der Waals surface area contributed by atoms with Gasteiger partial charge in [0.15, 0.2) is 0 Å². The molecule has 1 aromatic heterocycles. The molecule has 1 amide bonds. The van der Waals surface area contributed by atoms with Crippen LogP contribution in [0, 0.1) is 0 Å². The highest BCUT2D eigenvalue weighted by atomic mass is 32.1. The minimum atomic E-state index is -0.00547. The molecule has 0 spiro atoms. The van der Waals surface area contributed by atoms with Gasteiger partial charge < -0.3 is 10.6 Å². The predicted molar refractivity (Wildman–Crippen MR) is 65.7 cm³/mol. The minimum absolute atomic E-state index is 0.00547. The van der Waals surface area contributed by atoms with Crippen LogP contribution in [0.4, 0.5) is 5.13 Å². The third-order valence-electron chi connectivity index (χ3n) is 1.90. The van der Waals surface area contributed by atoms with E-state index >= 15 is 0 Å². The van der Waals surface area contributed by atoms with Crippen LogP contribution >= 0.6 is 11.3 Å². The fraction of sp³-hybridized carbons (Fsp3) is 0.700. The van der Waals surface area contributed by atoms with Gasteiger partial charge >= 0.3 is 0 Å². The smallest absolute Gasteiger partial charge is 0.239 e. The Kier molecular flexibility index (Phi) is 5.77. The summed E-state index contributed by atoms with van der Waals surface area (Å²) in [6.07, 6.45) is 2.96. The average Bonchev–Trinajstić information content (AvgIpc) is 2.72. The van der Waals surface area contributed by atoms with Gasteiger partial charge in [-0.15, -0.1) is 10.2 Å². The van der Waals surface area contributed by atoms with Crippen molar-refractivity contribution in [1.82, 2.24) is 15.5 Å². The summed E-state index contributed by atoms with van der Waals surface area (Å²) in [5.74, 6) is -0.00547. The SMILES string of the molecule is CCCNC(=O)CNc1nnc(CCC)s1. The van der Waals surface area contributed by atoms with Crippen LogP contribution in [0.5, 0.6) is 0 Å². The van der Waals surface area contributed by atoms with Crippen LogP contribution in [-0.4, -0.2) is 29.2 Å². The second-order valence-corrected chi connectivity index (χ2v) is 4.52. The summed E-state index contributed by atoms with van der Waals surface area (Å²) in [4.78, 5) is 11.3. The predicted octanol–water partition coefficient (Wildman–Crippen LogP) is 1.43. The molecule has 1 aromatic rings. The molecule has 0 bridgehead atoms. The molecular weight excluding hydrogens is 224 g/mol. The van der Waals surface area contributed by atoms with Crippen molar-refractivity contribution >= 4 is 22.4 Å². The Hall–Kier alpha value is -1.17. The average molecular weight is 242 g/mol. The van der Waals surface area contributed by atoms with E-state index in [4.69, 9.17) is 0 Å². The van der Waals surface area contributed by atoms with Crippen molar-refractivity contribution in [2.24, 2.45) is 0 Å². The standard InChI is InChI=1S/C10H18N4OS/c1-3-5-9-13-14-10(16-9)12-7-8(15)11-6-4-2/h3-7H2,1-2H3,(H,11,15)(H,12,14). The van der Waals surface area contributed by atoms with E-state index < -0.39 is 0 Å². The monoisotopic (exact) mass is 242 g/mol. The zero-order valence-electron chi connectivity index (χ0n) is 9.75. The number of amides is 1. The number of rotatable bonds is 7. The molecule has 0 unspecified atom stereocenters. The Morgan fingerprint density at radius 3 is 2.81 bits per heavy atom. The minimum Gasteiger partial charge on any atom is -0.355 e. The fourth-order valence-corrected chi connectivity index (χ4v) is 1.96. The zero-order valence-corrected chi connectivity index (χ0v) is 10.6. The lowest BCUT2D eigenvalue weighted by atomic mass is 10.4. The first-order valence-corrected chi connectivity index (χ1v) is 6.40. The third-order valence-corrected chi connectivity index (χ3v) is 2.84. The van der Waals surface area contributed by atoms with Gasteiger partial charge in [0.2, 0.25) is 11.0 Å². The summed E-state index contributed by atoms with van der Waals surface area (Å²) in [5.41, 5.74) is 0. The second kappa shape index (κ2) is 7.16. The van der Waals surface area contributed by atoms with Crippen LogP contribution in [0.3, 0.4) is 0 Å². The highest BCUT2D eigenvalue weighted by Gasteiger charge is 2.04. The van der Waals surface area contributed by atoms with Gasteiger partial charge in [0.25, 0.3) is 0 Å². The molecular formula is C10H18N4OS. The number of aromatic nitrogens is 2. The number of nitrogens with one attached hydrogen (secondary N) is 2. The van der Waals surface area contributed by atoms with Gasteiger partial charge in [-0.05, 0) is 12.8 Å². The van der Waals surface area contributed by atoms with Gasteiger partial charge in [-0.1, -0.05) is 25.2 Å². The summed E-state index contributed by atoms with van der Waals surface area (Å²) < 4.78 is 0. The first-order valence-electron chi connectivity index (χ1n) is 5.59. The van der Waals surface area contributed by atoms with E-state index in [2.05, 4.69) is 27.8 Å². The lowest BCUT2D eigenvalue weighted by Gasteiger charge is -2.03. The molecule has 16 heavy (non-hydrogen) atoms. The van der Waals surface area contributed by atoms with Crippen LogP contribution in [0.1, 0.15) is 31.7 Å². The quantitative estimate of drug-likeness (QED) is 0.759. The lowest BCUT2D eigenvalue weighted by molar-refractivity contribution is -0.119. The topological polar surface area (TPSA) is 66.9 Å². The number of nitrogens with zero attached hydrogens (tertiary/aromatic N) is 2. The van der Waals surface area contributed by atoms with Crippen LogP contribution in [0.2, 0.25) is 0 Å². The Balaban J connectivity index is 2.28. The number of hydrogen-bond acceptors (Lipinski definition) is 5. The summed E-state index contributed by atoms with van der Waals surface area (Å²) >= 11 is 1.51. The molecule has 0 saturated carbocycles. The normalized spacial score (nSPS) is 10.1. The maximum atomic E-state index is 11.3. The molecule has 0 aliphatic heterocycles. The maximum Gasteiger partial charge on any atom is 0.239 e. The number of carbonyl (C=O) groups is 1. The van der Waals surface area contributed by atoms with Gasteiger partial charge in [0.1, 0.15) is 5.01 Å². The molecule has 0 saturated heterocycles. The Bertz CT molecular complexity index is 326. The van der Waals surface area contributed by atoms with Gasteiger partial charge in [-0.2, -0.15) is 0 Å². The van der Waals surface area contributed by atoms with E-state index in [9.17, 15) is 4.79 Å². The first kappa shape index (κ1) is 12.9. The molecule has 0 aromatic carbocycles. The van der Waals surface area contributed by atoms with Gasteiger partial charge in [-0.25, -0.2) is 0 Å². The van der Waals surface area contributed by atoms with Crippen molar-refractivity contribution in [3.8, 4) is 0 Å². The Labute approximate surface area is 99.7 Å². The van der Waals surface area contributed by atoms with Crippen molar-refractivity contribution < 1.29 is 4.79 Å². The van der Waals surface area contributed by atoms with Gasteiger partial charge in [0.05, 0.1) is 6.54 Å². The summed E-state index contributed by atoms with van der Waals surface area (Å²) in [6.45, 7) is 5.11. The van der Waals surface area contributed by atoms with E-state index in [0.717, 1.165) is 35.9 Å². The van der Waals surface area contributed by atoms with Crippen LogP contribution in [0.25, 0.3) is 0 Å². The van der Waals surface area contributed by atoms with Crippen molar-refractivity contribution in [2.45, 2.75) is 33.1 Å². The summed E-state index contributed by atoms with van der Waals surface area (Å²) in [6, 6.07) is 0. The molecule has 0 aliphatic carbocycles. The summed E-state index contributed by atoms with van der Waals surface area (Å²) in [7, 11) is 0. The Morgan fingerprint density at radius 2 is 2.12 bits per heavy atom.